The molecule has 3 aromatic carbocycles. The van der Waals surface area contributed by atoms with Crippen LogP contribution in [0.25, 0.3) is 0 Å². The third-order valence-corrected chi connectivity index (χ3v) is 9.33. The lowest BCUT2D eigenvalue weighted by Crippen LogP contribution is -2.38. The highest BCUT2D eigenvalue weighted by Crippen LogP contribution is 2.29. The fraction of sp³-hybridized carbons (Fsp3) is 0.179. The second-order valence-electron chi connectivity index (χ2n) is 9.24. The fourth-order valence-electron chi connectivity index (χ4n) is 3.87. The molecule has 4 aromatic rings. The van der Waals surface area contributed by atoms with Crippen molar-refractivity contribution in [1.82, 2.24) is 9.97 Å². The van der Waals surface area contributed by atoms with Gasteiger partial charge in [-0.3, -0.25) is 9.10 Å². The summed E-state index contributed by atoms with van der Waals surface area (Å²) in [4.78, 5) is 21.1. The molecule has 0 aliphatic carbocycles. The molecule has 0 radical (unpaired) electrons. The maximum Gasteiger partial charge on any atom is 0.264 e. The lowest BCUT2D eigenvalue weighted by molar-refractivity contribution is -0.114. The first-order valence-electron chi connectivity index (χ1n) is 12.2. The molecule has 4 rings (SSSR count). The lowest BCUT2D eigenvalue weighted by Gasteiger charge is -2.26. The summed E-state index contributed by atoms with van der Waals surface area (Å²) in [5.41, 5.74) is 3.80. The number of hydrogen-bond donors (Lipinski definition) is 2. The quantitative estimate of drug-likeness (QED) is 0.301. The molecule has 0 spiro atoms. The number of nitrogens with zero attached hydrogens (tertiary/aromatic N) is 3. The molecule has 1 amide bonds. The number of rotatable bonds is 9. The zero-order valence-electron chi connectivity index (χ0n) is 22.4. The van der Waals surface area contributed by atoms with Crippen LogP contribution in [0, 0.1) is 27.7 Å². The number of benzene rings is 3. The van der Waals surface area contributed by atoms with E-state index in [1.165, 1.54) is 42.6 Å². The summed E-state index contributed by atoms with van der Waals surface area (Å²) < 4.78 is 56.2. The van der Waals surface area contributed by atoms with Gasteiger partial charge in [0.25, 0.3) is 20.0 Å². The minimum absolute atomic E-state index is 0.0568. The van der Waals surface area contributed by atoms with E-state index < -0.39 is 32.5 Å². The van der Waals surface area contributed by atoms with Gasteiger partial charge in [0.1, 0.15) is 6.54 Å². The summed E-state index contributed by atoms with van der Waals surface area (Å²) in [6, 6.07) is 18.8. The molecule has 0 saturated heterocycles. The zero-order chi connectivity index (χ0) is 29.1. The van der Waals surface area contributed by atoms with E-state index in [4.69, 9.17) is 0 Å². The summed E-state index contributed by atoms with van der Waals surface area (Å²) in [7, 11) is -8.05. The van der Waals surface area contributed by atoms with Crippen molar-refractivity contribution in [2.45, 2.75) is 37.5 Å². The number of aryl methyl sites for hydroxylation is 3. The van der Waals surface area contributed by atoms with Crippen LogP contribution in [0.2, 0.25) is 0 Å². The maximum absolute atomic E-state index is 13.7. The summed E-state index contributed by atoms with van der Waals surface area (Å²) in [5.74, 6) is -0.655. The molecule has 10 nitrogen and oxygen atoms in total. The monoisotopic (exact) mass is 579 g/mol. The maximum atomic E-state index is 13.7. The highest BCUT2D eigenvalue weighted by atomic mass is 32.2. The van der Waals surface area contributed by atoms with Gasteiger partial charge in [-0.1, -0.05) is 29.8 Å². The Labute approximate surface area is 234 Å². The topological polar surface area (TPSA) is 138 Å². The fourth-order valence-corrected chi connectivity index (χ4v) is 6.30. The van der Waals surface area contributed by atoms with Crippen LogP contribution in [0.1, 0.15) is 22.4 Å². The van der Waals surface area contributed by atoms with Crippen LogP contribution in [0.5, 0.6) is 0 Å². The number of carbonyl (C=O) groups is 1. The molecule has 1 heterocycles. The van der Waals surface area contributed by atoms with Gasteiger partial charge in [0.2, 0.25) is 11.9 Å². The number of hydrogen-bond acceptors (Lipinski definition) is 7. The predicted octanol–water partition coefficient (Wildman–Crippen LogP) is 4.35. The molecule has 0 atom stereocenters. The third-order valence-electron chi connectivity index (χ3n) is 6.21. The SMILES string of the molecule is Cc1ccc(S(=O)(=O)N(CC(=O)Nc2ccc(S(=O)(=O)Nc3nccc(C)n3)cc2)c2cccc(C)c2C)cc1. The van der Waals surface area contributed by atoms with E-state index in [0.29, 0.717) is 17.1 Å². The summed E-state index contributed by atoms with van der Waals surface area (Å²) in [5, 5.41) is 2.66. The van der Waals surface area contributed by atoms with Gasteiger partial charge < -0.3 is 5.32 Å². The molecule has 0 aliphatic heterocycles. The van der Waals surface area contributed by atoms with Gasteiger partial charge >= 0.3 is 0 Å². The van der Waals surface area contributed by atoms with Crippen LogP contribution in [0.3, 0.4) is 0 Å². The highest BCUT2D eigenvalue weighted by Gasteiger charge is 2.28. The average Bonchev–Trinajstić information content (AvgIpc) is 2.89. The lowest BCUT2D eigenvalue weighted by atomic mass is 10.1. The first kappa shape index (κ1) is 28.7. The number of carbonyl (C=O) groups excluding carboxylic acids is 1. The Morgan fingerprint density at radius 2 is 1.48 bits per heavy atom. The highest BCUT2D eigenvalue weighted by molar-refractivity contribution is 7.93. The molecule has 0 aliphatic rings. The second-order valence-corrected chi connectivity index (χ2v) is 12.8. The van der Waals surface area contributed by atoms with E-state index in [0.717, 1.165) is 21.0 Å². The zero-order valence-corrected chi connectivity index (χ0v) is 24.0. The van der Waals surface area contributed by atoms with Gasteiger partial charge in [-0.2, -0.15) is 0 Å². The Balaban J connectivity index is 1.56. The molecule has 0 fully saturated rings. The minimum Gasteiger partial charge on any atom is -0.325 e. The van der Waals surface area contributed by atoms with Gasteiger partial charge in [0, 0.05) is 17.6 Å². The van der Waals surface area contributed by atoms with E-state index in [2.05, 4.69) is 20.0 Å². The number of aromatic nitrogens is 2. The van der Waals surface area contributed by atoms with Crippen LogP contribution in [-0.4, -0.2) is 39.3 Å². The molecule has 40 heavy (non-hydrogen) atoms. The first-order valence-corrected chi connectivity index (χ1v) is 15.2. The number of anilines is 3. The summed E-state index contributed by atoms with van der Waals surface area (Å²) >= 11 is 0. The normalized spacial score (nSPS) is 11.6. The molecule has 0 saturated carbocycles. The van der Waals surface area contributed by atoms with Gasteiger partial charge in [0.05, 0.1) is 15.5 Å². The summed E-state index contributed by atoms with van der Waals surface area (Å²) in [6.45, 7) is 6.74. The predicted molar refractivity (Wildman–Crippen MR) is 154 cm³/mol. The molecule has 0 unspecified atom stereocenters. The van der Waals surface area contributed by atoms with Crippen molar-refractivity contribution in [2.24, 2.45) is 0 Å². The molecular formula is C28H29N5O5S2. The van der Waals surface area contributed by atoms with Crippen LogP contribution in [-0.2, 0) is 24.8 Å². The average molecular weight is 580 g/mol. The van der Waals surface area contributed by atoms with Crippen molar-refractivity contribution in [3.05, 3.63) is 101 Å². The van der Waals surface area contributed by atoms with Crippen molar-refractivity contribution >= 4 is 43.3 Å². The Kier molecular flexibility index (Phi) is 8.21. The van der Waals surface area contributed by atoms with Crippen molar-refractivity contribution in [2.75, 3.05) is 20.9 Å². The van der Waals surface area contributed by atoms with Crippen LogP contribution in [0.15, 0.2) is 88.8 Å². The van der Waals surface area contributed by atoms with Gasteiger partial charge in [0.15, 0.2) is 0 Å². The van der Waals surface area contributed by atoms with Crippen molar-refractivity contribution < 1.29 is 21.6 Å². The minimum atomic E-state index is -4.08. The third kappa shape index (κ3) is 6.46. The van der Waals surface area contributed by atoms with E-state index in [1.54, 1.807) is 44.2 Å². The Bertz CT molecular complexity index is 1760. The smallest absolute Gasteiger partial charge is 0.264 e. The first-order chi connectivity index (χ1) is 18.9. The number of amides is 1. The molecule has 0 bridgehead atoms. The van der Waals surface area contributed by atoms with E-state index in [9.17, 15) is 21.6 Å². The van der Waals surface area contributed by atoms with Gasteiger partial charge in [-0.05, 0) is 87.4 Å². The van der Waals surface area contributed by atoms with Crippen LogP contribution < -0.4 is 14.3 Å². The number of nitrogens with one attached hydrogen (secondary N) is 2. The Morgan fingerprint density at radius 3 is 2.12 bits per heavy atom. The van der Waals surface area contributed by atoms with Crippen molar-refractivity contribution in [3.8, 4) is 0 Å². The standard InChI is InChI=1S/C28H29N5O5S2/c1-19-8-12-25(13-9-19)40(37,38)33(26-7-5-6-20(2)22(26)4)18-27(34)31-23-10-14-24(15-11-23)39(35,36)32-28-29-17-16-21(3)30-28/h5-17H,18H2,1-4H3,(H,31,34)(H,29,30,32). The largest absolute Gasteiger partial charge is 0.325 e. The van der Waals surface area contributed by atoms with Crippen molar-refractivity contribution in [1.29, 1.82) is 0 Å². The van der Waals surface area contributed by atoms with Crippen LogP contribution in [0.4, 0.5) is 17.3 Å². The molecule has 208 valence electrons. The Morgan fingerprint density at radius 1 is 0.825 bits per heavy atom. The van der Waals surface area contributed by atoms with Crippen LogP contribution >= 0.6 is 0 Å². The molecule has 2 N–H and O–H groups in total. The molecule has 12 heteroatoms. The molecular weight excluding hydrogens is 550 g/mol. The number of sulfonamides is 2. The second kappa shape index (κ2) is 11.4. The molecule has 1 aromatic heterocycles. The summed E-state index contributed by atoms with van der Waals surface area (Å²) in [6.07, 6.45) is 1.44. The van der Waals surface area contributed by atoms with Gasteiger partial charge in [-0.25, -0.2) is 31.5 Å². The van der Waals surface area contributed by atoms with Crippen molar-refractivity contribution in [3.63, 3.8) is 0 Å². The van der Waals surface area contributed by atoms with E-state index in [-0.39, 0.29) is 15.7 Å². The Hall–Kier alpha value is -4.29. The van der Waals surface area contributed by atoms with E-state index in [1.807, 2.05) is 19.9 Å². The van der Waals surface area contributed by atoms with E-state index >= 15 is 0 Å². The van der Waals surface area contributed by atoms with Gasteiger partial charge in [-0.15, -0.1) is 0 Å².